The first-order valence-corrected chi connectivity index (χ1v) is 5.51. The number of hydrogen-bond donors (Lipinski definition) is 1. The second-order valence-corrected chi connectivity index (χ2v) is 5.16. The van der Waals surface area contributed by atoms with Crippen LogP contribution in [0.25, 0.3) is 0 Å². The number of rotatable bonds is 6. The molecule has 0 saturated heterocycles. The summed E-state index contributed by atoms with van der Waals surface area (Å²) in [4.78, 5) is 10.3. The summed E-state index contributed by atoms with van der Waals surface area (Å²) in [7, 11) is 0. The lowest BCUT2D eigenvalue weighted by molar-refractivity contribution is -0.160. The van der Waals surface area contributed by atoms with Crippen molar-refractivity contribution in [3.63, 3.8) is 0 Å². The lowest BCUT2D eigenvalue weighted by atomic mass is 9.68. The molecular weight excluding hydrogens is 192 g/mol. The molecule has 0 aliphatic carbocycles. The van der Waals surface area contributed by atoms with Crippen molar-refractivity contribution in [3.05, 3.63) is 0 Å². The minimum atomic E-state index is -1.000. The normalized spacial score (nSPS) is 20.2. The fourth-order valence-electron chi connectivity index (χ4n) is 1.67. The lowest BCUT2D eigenvalue weighted by Gasteiger charge is -2.43. The Bertz CT molecular complexity index is 209. The van der Waals surface area contributed by atoms with E-state index in [9.17, 15) is 9.90 Å². The predicted octanol–water partition coefficient (Wildman–Crippen LogP) is 2.37. The smallest absolute Gasteiger partial charge is 0.293 e. The highest BCUT2D eigenvalue weighted by Gasteiger charge is 2.42. The number of ether oxygens (including phenoxy) is 1. The van der Waals surface area contributed by atoms with Crippen LogP contribution in [0.4, 0.5) is 0 Å². The fourth-order valence-corrected chi connectivity index (χ4v) is 1.67. The van der Waals surface area contributed by atoms with E-state index in [1.165, 1.54) is 0 Å². The van der Waals surface area contributed by atoms with Gasteiger partial charge in [0.2, 0.25) is 0 Å². The summed E-state index contributed by atoms with van der Waals surface area (Å²) in [5, 5.41) is 10.4. The molecule has 0 rings (SSSR count). The molecular formula is C12H24O3. The van der Waals surface area contributed by atoms with Crippen LogP contribution in [0.3, 0.4) is 0 Å². The van der Waals surface area contributed by atoms with Gasteiger partial charge >= 0.3 is 0 Å². The summed E-state index contributed by atoms with van der Waals surface area (Å²) in [5.74, 6) is 0.0462. The van der Waals surface area contributed by atoms with Gasteiger partial charge in [-0.2, -0.15) is 0 Å². The number of hydrogen-bond acceptors (Lipinski definition) is 3. The highest BCUT2D eigenvalue weighted by atomic mass is 16.5. The van der Waals surface area contributed by atoms with Crippen molar-refractivity contribution in [2.24, 2.45) is 11.3 Å². The molecule has 0 aromatic heterocycles. The van der Waals surface area contributed by atoms with Crippen LogP contribution >= 0.6 is 0 Å². The standard InChI is InChI=1S/C12H24O3/c1-7-11(4,5)9(2)12(6,14)10(3)15-8-13/h8-10,14H,7H2,1-6H3. The molecule has 0 bridgehead atoms. The molecule has 3 nitrogen and oxygen atoms in total. The van der Waals surface area contributed by atoms with Gasteiger partial charge in [0.05, 0.1) is 0 Å². The highest BCUT2D eigenvalue weighted by Crippen LogP contribution is 2.39. The molecule has 3 atom stereocenters. The molecule has 0 amide bonds. The van der Waals surface area contributed by atoms with Gasteiger partial charge in [-0.05, 0) is 25.2 Å². The minimum absolute atomic E-state index is 0.0179. The van der Waals surface area contributed by atoms with Gasteiger partial charge in [-0.3, -0.25) is 4.79 Å². The van der Waals surface area contributed by atoms with Gasteiger partial charge in [-0.1, -0.05) is 34.1 Å². The first-order valence-electron chi connectivity index (χ1n) is 5.51. The molecule has 0 aromatic carbocycles. The molecule has 0 fully saturated rings. The van der Waals surface area contributed by atoms with Crippen molar-refractivity contribution < 1.29 is 14.6 Å². The SMILES string of the molecule is CCC(C)(C)C(C)C(C)(O)C(C)OC=O. The van der Waals surface area contributed by atoms with Crippen molar-refractivity contribution in [3.8, 4) is 0 Å². The predicted molar refractivity (Wildman–Crippen MR) is 60.5 cm³/mol. The summed E-state index contributed by atoms with van der Waals surface area (Å²) in [5.41, 5.74) is -0.982. The van der Waals surface area contributed by atoms with Gasteiger partial charge in [-0.15, -0.1) is 0 Å². The monoisotopic (exact) mass is 216 g/mol. The van der Waals surface area contributed by atoms with Crippen LogP contribution in [0.15, 0.2) is 0 Å². The van der Waals surface area contributed by atoms with E-state index in [0.29, 0.717) is 6.47 Å². The quantitative estimate of drug-likeness (QED) is 0.693. The van der Waals surface area contributed by atoms with E-state index in [0.717, 1.165) is 6.42 Å². The van der Waals surface area contributed by atoms with E-state index in [-0.39, 0.29) is 11.3 Å². The lowest BCUT2D eigenvalue weighted by Crippen LogP contribution is -2.50. The van der Waals surface area contributed by atoms with Crippen molar-refractivity contribution in [2.45, 2.75) is 59.7 Å². The molecule has 90 valence electrons. The van der Waals surface area contributed by atoms with Crippen LogP contribution in [0, 0.1) is 11.3 Å². The first kappa shape index (κ1) is 14.4. The third kappa shape index (κ3) is 3.20. The zero-order valence-electron chi connectivity index (χ0n) is 10.7. The number of carbonyl (C=O) groups excluding carboxylic acids is 1. The Kier molecular flexibility index (Phi) is 4.78. The maximum absolute atomic E-state index is 10.4. The summed E-state index contributed by atoms with van der Waals surface area (Å²) in [6.07, 6.45) is 0.480. The van der Waals surface area contributed by atoms with Crippen LogP contribution in [-0.2, 0) is 9.53 Å². The van der Waals surface area contributed by atoms with Gasteiger partial charge in [-0.25, -0.2) is 0 Å². The van der Waals surface area contributed by atoms with Crippen LogP contribution in [0.5, 0.6) is 0 Å². The largest absolute Gasteiger partial charge is 0.462 e. The fraction of sp³-hybridized carbons (Fsp3) is 0.917. The average molecular weight is 216 g/mol. The third-order valence-electron chi connectivity index (χ3n) is 4.04. The zero-order chi connectivity index (χ0) is 12.3. The Labute approximate surface area is 92.8 Å². The van der Waals surface area contributed by atoms with E-state index < -0.39 is 11.7 Å². The zero-order valence-corrected chi connectivity index (χ0v) is 10.7. The van der Waals surface area contributed by atoms with Gasteiger partial charge in [0, 0.05) is 0 Å². The van der Waals surface area contributed by atoms with Gasteiger partial charge in [0.1, 0.15) is 11.7 Å². The van der Waals surface area contributed by atoms with Crippen LogP contribution in [0.1, 0.15) is 48.0 Å². The molecule has 3 unspecified atom stereocenters. The maximum Gasteiger partial charge on any atom is 0.293 e. The van der Waals surface area contributed by atoms with Crippen LogP contribution in [0.2, 0.25) is 0 Å². The summed E-state index contributed by atoms with van der Waals surface area (Å²) >= 11 is 0. The molecule has 0 saturated carbocycles. The van der Waals surface area contributed by atoms with Crippen molar-refractivity contribution in [1.82, 2.24) is 0 Å². The van der Waals surface area contributed by atoms with Crippen LogP contribution < -0.4 is 0 Å². The van der Waals surface area contributed by atoms with E-state index in [4.69, 9.17) is 4.74 Å². The molecule has 0 heterocycles. The van der Waals surface area contributed by atoms with Gasteiger partial charge in [0.15, 0.2) is 0 Å². The topological polar surface area (TPSA) is 46.5 Å². The summed E-state index contributed by atoms with van der Waals surface area (Å²) in [6, 6.07) is 0. The average Bonchev–Trinajstić information content (AvgIpc) is 2.17. The Morgan fingerprint density at radius 1 is 1.33 bits per heavy atom. The molecule has 15 heavy (non-hydrogen) atoms. The van der Waals surface area contributed by atoms with Gasteiger partial charge < -0.3 is 9.84 Å². The molecule has 1 N–H and O–H groups in total. The molecule has 0 aliphatic rings. The Morgan fingerprint density at radius 2 is 1.80 bits per heavy atom. The first-order chi connectivity index (χ1) is 6.70. The van der Waals surface area contributed by atoms with Crippen molar-refractivity contribution in [1.29, 1.82) is 0 Å². The van der Waals surface area contributed by atoms with E-state index >= 15 is 0 Å². The second kappa shape index (κ2) is 4.97. The Hall–Kier alpha value is -0.570. The van der Waals surface area contributed by atoms with E-state index in [2.05, 4.69) is 20.8 Å². The summed E-state index contributed by atoms with van der Waals surface area (Å²) in [6.45, 7) is 12.1. The molecule has 0 radical (unpaired) electrons. The molecule has 0 aromatic rings. The van der Waals surface area contributed by atoms with Crippen molar-refractivity contribution in [2.75, 3.05) is 0 Å². The maximum atomic E-state index is 10.4. The Balaban J connectivity index is 4.78. The highest BCUT2D eigenvalue weighted by molar-refractivity contribution is 5.37. The third-order valence-corrected chi connectivity index (χ3v) is 4.04. The summed E-state index contributed by atoms with van der Waals surface area (Å²) < 4.78 is 4.84. The van der Waals surface area contributed by atoms with E-state index in [1.54, 1.807) is 13.8 Å². The second-order valence-electron chi connectivity index (χ2n) is 5.16. The molecule has 3 heteroatoms. The molecule has 0 aliphatic heterocycles. The van der Waals surface area contributed by atoms with Crippen molar-refractivity contribution >= 4 is 6.47 Å². The minimum Gasteiger partial charge on any atom is -0.462 e. The van der Waals surface area contributed by atoms with Gasteiger partial charge in [0.25, 0.3) is 6.47 Å². The van der Waals surface area contributed by atoms with Crippen LogP contribution in [-0.4, -0.2) is 23.3 Å². The number of carbonyl (C=O) groups is 1. The Morgan fingerprint density at radius 3 is 2.13 bits per heavy atom. The molecule has 0 spiro atoms. The van der Waals surface area contributed by atoms with E-state index in [1.807, 2.05) is 6.92 Å². The number of aliphatic hydroxyl groups is 1.